The Hall–Kier alpha value is -1.15. The van der Waals surface area contributed by atoms with E-state index in [9.17, 15) is 5.11 Å². The molecule has 0 amide bonds. The molecule has 0 aromatic heterocycles. The zero-order valence-electron chi connectivity index (χ0n) is 21.3. The van der Waals surface area contributed by atoms with E-state index >= 15 is 0 Å². The van der Waals surface area contributed by atoms with Crippen LogP contribution in [0.4, 0.5) is 0 Å². The first-order valence-electron chi connectivity index (χ1n) is 12.7. The van der Waals surface area contributed by atoms with Gasteiger partial charge in [0.1, 0.15) is 0 Å². The number of aliphatic hydroxyl groups is 1. The van der Waals surface area contributed by atoms with Crippen molar-refractivity contribution in [3.8, 4) is 0 Å². The molecule has 0 aliphatic heterocycles. The summed E-state index contributed by atoms with van der Waals surface area (Å²) in [5, 5.41) is 10.4. The molecule has 1 rings (SSSR count). The summed E-state index contributed by atoms with van der Waals surface area (Å²) in [6.07, 6.45) is 19.6. The molecule has 0 bridgehead atoms. The molecule has 1 N–H and O–H groups in total. The van der Waals surface area contributed by atoms with Gasteiger partial charge >= 0.3 is 137 Å². The Balaban J connectivity index is 2.38. The Morgan fingerprint density at radius 1 is 1.10 bits per heavy atom. The van der Waals surface area contributed by atoms with Crippen LogP contribution in [0.15, 0.2) is 46.1 Å². The van der Waals surface area contributed by atoms with Crippen molar-refractivity contribution in [3.63, 3.8) is 0 Å². The van der Waals surface area contributed by atoms with Crippen molar-refractivity contribution in [2.45, 2.75) is 118 Å². The van der Waals surface area contributed by atoms with Crippen LogP contribution >= 0.6 is 0 Å². The normalized spacial score (nSPS) is 21.3. The molecule has 1 nitrogen and oxygen atoms in total. The molecule has 3 unspecified atom stereocenters. The van der Waals surface area contributed by atoms with Crippen molar-refractivity contribution in [1.82, 2.24) is 0 Å². The first-order chi connectivity index (χ1) is 14.8. The van der Waals surface area contributed by atoms with Crippen molar-refractivity contribution < 1.29 is 5.11 Å². The molecule has 0 aromatic rings. The third-order valence-electron chi connectivity index (χ3n) is 7.00. The molecule has 2 heteroatoms. The molecular weight excluding hydrogens is 375 g/mol. The zero-order chi connectivity index (χ0) is 23.2. The first kappa shape index (κ1) is 27.9. The van der Waals surface area contributed by atoms with Crippen molar-refractivity contribution in [3.05, 3.63) is 46.1 Å². The predicted molar refractivity (Wildman–Crippen MR) is 141 cm³/mol. The number of hydrogen-bond acceptors (Lipinski definition) is 1. The molecule has 3 atom stereocenters. The molecule has 0 spiro atoms. The topological polar surface area (TPSA) is 20.2 Å². The quantitative estimate of drug-likeness (QED) is 0.160. The summed E-state index contributed by atoms with van der Waals surface area (Å²) in [6, 6.07) is 0. The van der Waals surface area contributed by atoms with Crippen LogP contribution in [-0.4, -0.2) is 24.7 Å². The second kappa shape index (κ2) is 15.6. The first-order valence-corrected chi connectivity index (χ1v) is 12.7. The molecule has 1 aliphatic carbocycles. The van der Waals surface area contributed by atoms with Crippen LogP contribution < -0.4 is 0 Å². The van der Waals surface area contributed by atoms with Gasteiger partial charge in [0, 0.05) is 0 Å². The Kier molecular flexibility index (Phi) is 14.1. The monoisotopic (exact) mass is 423 g/mol. The number of unbranched alkanes of at least 4 members (excludes halogenated alkanes) is 2. The second-order valence-electron chi connectivity index (χ2n) is 9.89. The SMILES string of the molecule is [B]=CCC1=C(C)C(C)C(O)C=C1CCC(C)CC/C=C(\C)CCC/C(C)=C/CCCC. The van der Waals surface area contributed by atoms with Gasteiger partial charge in [-0.25, -0.2) is 0 Å². The summed E-state index contributed by atoms with van der Waals surface area (Å²) < 4.78 is 0. The third-order valence-corrected chi connectivity index (χ3v) is 7.00. The molecule has 1 aliphatic rings. The Morgan fingerprint density at radius 3 is 2.35 bits per heavy atom. The van der Waals surface area contributed by atoms with Gasteiger partial charge in [0.15, 0.2) is 0 Å². The molecule has 0 fully saturated rings. The standard InChI is InChI=1S/C29H48BO/c1-7-8-9-12-22(2)13-10-14-23(3)15-11-16-24(4)17-18-27-21-29(31)26(6)25(5)28(27)19-20-30/h12,15,20-21,24,26,29,31H,7-11,13-14,16-19H2,1-6H3/b22-12+,23-15+. The van der Waals surface area contributed by atoms with Gasteiger partial charge in [-0.15, -0.1) is 0 Å². The number of rotatable bonds is 15. The number of aliphatic hydroxyl groups excluding tert-OH is 1. The minimum atomic E-state index is -0.359. The van der Waals surface area contributed by atoms with Gasteiger partial charge in [-0.1, -0.05) is 31.4 Å². The number of allylic oxidation sites excluding steroid dienone is 6. The zero-order valence-corrected chi connectivity index (χ0v) is 21.3. The molecule has 1 radical (unpaired) electrons. The van der Waals surface area contributed by atoms with Crippen molar-refractivity contribution in [2.24, 2.45) is 11.8 Å². The van der Waals surface area contributed by atoms with Crippen LogP contribution in [0.5, 0.6) is 0 Å². The molecule has 31 heavy (non-hydrogen) atoms. The average Bonchev–Trinajstić information content (AvgIpc) is 2.73. The van der Waals surface area contributed by atoms with Gasteiger partial charge in [-0.05, 0) is 26.2 Å². The molecule has 0 saturated carbocycles. The van der Waals surface area contributed by atoms with E-state index in [2.05, 4.69) is 59.8 Å². The minimum Gasteiger partial charge on any atom is -0.0856 e. The minimum absolute atomic E-state index is 0.194. The maximum atomic E-state index is 10.4. The maximum absolute atomic E-state index is 10.4. The Labute approximate surface area is 194 Å². The molecule has 0 aromatic carbocycles. The van der Waals surface area contributed by atoms with Gasteiger partial charge in [-0.2, -0.15) is 0 Å². The summed E-state index contributed by atoms with van der Waals surface area (Å²) in [5.74, 6) is 2.63. The van der Waals surface area contributed by atoms with E-state index in [-0.39, 0.29) is 12.0 Å². The fraction of sp³-hybridized carbons (Fsp3) is 0.690. The Bertz CT molecular complexity index is 664. The van der Waals surface area contributed by atoms with Crippen molar-refractivity contribution in [1.29, 1.82) is 0 Å². The van der Waals surface area contributed by atoms with E-state index in [0.717, 1.165) is 12.8 Å². The summed E-state index contributed by atoms with van der Waals surface area (Å²) in [7, 11) is 5.73. The van der Waals surface area contributed by atoms with Gasteiger partial charge < -0.3 is 0 Å². The smallest absolute Gasteiger partial charge is 0.0856 e. The van der Waals surface area contributed by atoms with E-state index in [0.29, 0.717) is 5.92 Å². The van der Waals surface area contributed by atoms with Gasteiger partial charge in [0.25, 0.3) is 0 Å². The van der Waals surface area contributed by atoms with Crippen molar-refractivity contribution in [2.75, 3.05) is 0 Å². The second-order valence-corrected chi connectivity index (χ2v) is 9.89. The summed E-state index contributed by atoms with van der Waals surface area (Å²) in [5.41, 5.74) is 7.06. The van der Waals surface area contributed by atoms with E-state index in [1.54, 1.807) is 17.1 Å². The van der Waals surface area contributed by atoms with E-state index in [4.69, 9.17) is 7.49 Å². The summed E-state index contributed by atoms with van der Waals surface area (Å²) >= 11 is 0. The van der Waals surface area contributed by atoms with E-state index < -0.39 is 0 Å². The van der Waals surface area contributed by atoms with Crippen LogP contribution in [0.1, 0.15) is 112 Å². The summed E-state index contributed by atoms with van der Waals surface area (Å²) in [4.78, 5) is 0. The molecule has 173 valence electrons. The number of hydrogen-bond donors (Lipinski definition) is 1. The van der Waals surface area contributed by atoms with Gasteiger partial charge in [-0.3, -0.25) is 0 Å². The predicted octanol–water partition coefficient (Wildman–Crippen LogP) is 8.05. The summed E-state index contributed by atoms with van der Waals surface area (Å²) in [6.45, 7) is 13.4. The fourth-order valence-corrected chi connectivity index (χ4v) is 4.44. The molecule has 0 saturated heterocycles. The van der Waals surface area contributed by atoms with Crippen LogP contribution in [0.2, 0.25) is 0 Å². The van der Waals surface area contributed by atoms with Crippen LogP contribution in [-0.2, 0) is 0 Å². The van der Waals surface area contributed by atoms with E-state index in [1.165, 1.54) is 74.5 Å². The third kappa shape index (κ3) is 10.8. The average molecular weight is 424 g/mol. The Morgan fingerprint density at radius 2 is 1.74 bits per heavy atom. The van der Waals surface area contributed by atoms with Gasteiger partial charge in [0.2, 0.25) is 0 Å². The molecule has 0 heterocycles. The van der Waals surface area contributed by atoms with Crippen LogP contribution in [0.25, 0.3) is 0 Å². The van der Waals surface area contributed by atoms with Gasteiger partial charge in [0.05, 0.1) is 0 Å². The fourth-order valence-electron chi connectivity index (χ4n) is 4.44. The molecular formula is C29H48BO. The van der Waals surface area contributed by atoms with Crippen molar-refractivity contribution >= 4 is 13.5 Å². The van der Waals surface area contributed by atoms with E-state index in [1.807, 2.05) is 0 Å². The van der Waals surface area contributed by atoms with Crippen LogP contribution in [0.3, 0.4) is 0 Å². The van der Waals surface area contributed by atoms with Crippen LogP contribution in [0, 0.1) is 11.8 Å².